The van der Waals surface area contributed by atoms with Gasteiger partial charge in [0.15, 0.2) is 0 Å². The zero-order valence-electron chi connectivity index (χ0n) is 8.77. The van der Waals surface area contributed by atoms with Gasteiger partial charge in [-0.05, 0) is 6.42 Å². The van der Waals surface area contributed by atoms with Gasteiger partial charge < -0.3 is 5.11 Å². The molecule has 0 radical (unpaired) electrons. The molecule has 0 saturated carbocycles. The molecule has 0 saturated heterocycles. The van der Waals surface area contributed by atoms with Gasteiger partial charge in [-0.2, -0.15) is 5.10 Å². The molecule has 0 aliphatic heterocycles. The van der Waals surface area contributed by atoms with Crippen LogP contribution in [-0.2, 0) is 20.1 Å². The Bertz CT molecular complexity index is 461. The van der Waals surface area contributed by atoms with Crippen LogP contribution in [0.4, 0.5) is 0 Å². The Kier molecular flexibility index (Phi) is 2.83. The zero-order valence-corrected chi connectivity index (χ0v) is 9.58. The number of thiazole rings is 1. The summed E-state index contributed by atoms with van der Waals surface area (Å²) in [7, 11) is 1.91. The normalized spacial score (nSPS) is 10.9. The standard InChI is InChI=1S/C10H13N3OS/c1-3-9-8(5-13(2)12-9)10-11-4-7(6-14)15-10/h4-5,14H,3,6H2,1-2H3. The van der Waals surface area contributed by atoms with Crippen molar-refractivity contribution in [2.45, 2.75) is 20.0 Å². The monoisotopic (exact) mass is 223 g/mol. The van der Waals surface area contributed by atoms with Crippen LogP contribution < -0.4 is 0 Å². The van der Waals surface area contributed by atoms with Crippen LogP contribution in [0.2, 0.25) is 0 Å². The fourth-order valence-electron chi connectivity index (χ4n) is 1.48. The molecule has 80 valence electrons. The third kappa shape index (κ3) is 1.93. The van der Waals surface area contributed by atoms with E-state index in [0.29, 0.717) is 0 Å². The predicted octanol–water partition coefficient (Wildman–Crippen LogP) is 1.60. The van der Waals surface area contributed by atoms with Gasteiger partial charge in [-0.3, -0.25) is 4.68 Å². The minimum absolute atomic E-state index is 0.0549. The van der Waals surface area contributed by atoms with E-state index in [1.807, 2.05) is 13.2 Å². The molecule has 0 fully saturated rings. The van der Waals surface area contributed by atoms with Gasteiger partial charge in [0.25, 0.3) is 0 Å². The minimum atomic E-state index is 0.0549. The molecule has 5 heteroatoms. The lowest BCUT2D eigenvalue weighted by Gasteiger charge is -1.92. The first-order chi connectivity index (χ1) is 7.24. The SMILES string of the molecule is CCc1nn(C)cc1-c1ncc(CO)s1. The Labute approximate surface area is 92.2 Å². The van der Waals surface area contributed by atoms with E-state index >= 15 is 0 Å². The average molecular weight is 223 g/mol. The molecule has 0 amide bonds. The lowest BCUT2D eigenvalue weighted by Crippen LogP contribution is -1.89. The summed E-state index contributed by atoms with van der Waals surface area (Å²) >= 11 is 1.51. The molecule has 2 aromatic rings. The molecule has 2 heterocycles. The number of aryl methyl sites for hydroxylation is 2. The number of hydrogen-bond donors (Lipinski definition) is 1. The quantitative estimate of drug-likeness (QED) is 0.859. The van der Waals surface area contributed by atoms with Gasteiger partial charge in [0.2, 0.25) is 0 Å². The van der Waals surface area contributed by atoms with Crippen molar-refractivity contribution in [3.8, 4) is 10.6 Å². The molecule has 0 aliphatic carbocycles. The van der Waals surface area contributed by atoms with Gasteiger partial charge in [0.05, 0.1) is 22.7 Å². The summed E-state index contributed by atoms with van der Waals surface area (Å²) in [6.45, 7) is 2.13. The molecule has 15 heavy (non-hydrogen) atoms. The Balaban J connectivity index is 2.43. The number of aliphatic hydroxyl groups is 1. The summed E-state index contributed by atoms with van der Waals surface area (Å²) in [6.07, 6.45) is 4.58. The number of rotatable bonds is 3. The van der Waals surface area contributed by atoms with Crippen molar-refractivity contribution >= 4 is 11.3 Å². The number of nitrogens with zero attached hydrogens (tertiary/aromatic N) is 3. The van der Waals surface area contributed by atoms with E-state index in [2.05, 4.69) is 17.0 Å². The predicted molar refractivity (Wildman–Crippen MR) is 59.6 cm³/mol. The second-order valence-corrected chi connectivity index (χ2v) is 4.42. The summed E-state index contributed by atoms with van der Waals surface area (Å²) in [4.78, 5) is 5.17. The van der Waals surface area contributed by atoms with Crippen LogP contribution in [0.15, 0.2) is 12.4 Å². The van der Waals surface area contributed by atoms with Crippen molar-refractivity contribution < 1.29 is 5.11 Å². The summed E-state index contributed by atoms with van der Waals surface area (Å²) in [5, 5.41) is 14.3. The molecule has 2 aromatic heterocycles. The molecule has 0 spiro atoms. The molecule has 0 unspecified atom stereocenters. The Morgan fingerprint density at radius 2 is 2.33 bits per heavy atom. The van der Waals surface area contributed by atoms with Gasteiger partial charge in [-0.25, -0.2) is 4.98 Å². The highest BCUT2D eigenvalue weighted by atomic mass is 32.1. The molecule has 0 atom stereocenters. The third-order valence-corrected chi connectivity index (χ3v) is 3.20. The van der Waals surface area contributed by atoms with Crippen molar-refractivity contribution in [2.24, 2.45) is 7.05 Å². The van der Waals surface area contributed by atoms with E-state index < -0.39 is 0 Å². The first-order valence-electron chi connectivity index (χ1n) is 4.83. The van der Waals surface area contributed by atoms with Gasteiger partial charge in [-0.1, -0.05) is 6.92 Å². The van der Waals surface area contributed by atoms with Gasteiger partial charge >= 0.3 is 0 Å². The summed E-state index contributed by atoms with van der Waals surface area (Å²) in [5.41, 5.74) is 2.13. The highest BCUT2D eigenvalue weighted by Gasteiger charge is 2.11. The largest absolute Gasteiger partial charge is 0.391 e. The average Bonchev–Trinajstić information content (AvgIpc) is 2.82. The maximum absolute atomic E-state index is 8.98. The van der Waals surface area contributed by atoms with E-state index in [9.17, 15) is 0 Å². The topological polar surface area (TPSA) is 50.9 Å². The van der Waals surface area contributed by atoms with Crippen LogP contribution in [0.5, 0.6) is 0 Å². The van der Waals surface area contributed by atoms with E-state index in [1.165, 1.54) is 11.3 Å². The molecule has 0 aromatic carbocycles. The molecule has 0 aliphatic rings. The molecule has 1 N–H and O–H groups in total. The third-order valence-electron chi connectivity index (χ3n) is 2.18. The molecule has 0 bridgehead atoms. The lowest BCUT2D eigenvalue weighted by atomic mass is 10.2. The maximum Gasteiger partial charge on any atom is 0.127 e. The second kappa shape index (κ2) is 4.12. The minimum Gasteiger partial charge on any atom is -0.391 e. The molecular formula is C10H13N3OS. The van der Waals surface area contributed by atoms with Crippen molar-refractivity contribution in [3.63, 3.8) is 0 Å². The number of aromatic nitrogens is 3. The first kappa shape index (κ1) is 10.3. The van der Waals surface area contributed by atoms with Crippen LogP contribution in [0, 0.1) is 0 Å². The molecular weight excluding hydrogens is 210 g/mol. The Morgan fingerprint density at radius 1 is 1.53 bits per heavy atom. The summed E-state index contributed by atoms with van der Waals surface area (Å²) in [5.74, 6) is 0. The van der Waals surface area contributed by atoms with Gasteiger partial charge in [0.1, 0.15) is 5.01 Å². The van der Waals surface area contributed by atoms with Crippen LogP contribution >= 0.6 is 11.3 Å². The van der Waals surface area contributed by atoms with E-state index in [4.69, 9.17) is 5.11 Å². The van der Waals surface area contributed by atoms with Crippen molar-refractivity contribution in [1.29, 1.82) is 0 Å². The lowest BCUT2D eigenvalue weighted by molar-refractivity contribution is 0.285. The van der Waals surface area contributed by atoms with E-state index in [-0.39, 0.29) is 6.61 Å². The van der Waals surface area contributed by atoms with Crippen molar-refractivity contribution in [1.82, 2.24) is 14.8 Å². The Morgan fingerprint density at radius 3 is 2.93 bits per heavy atom. The van der Waals surface area contributed by atoms with E-state index in [0.717, 1.165) is 27.6 Å². The van der Waals surface area contributed by atoms with Gasteiger partial charge in [0, 0.05) is 19.4 Å². The fourth-order valence-corrected chi connectivity index (χ4v) is 2.28. The van der Waals surface area contributed by atoms with Crippen molar-refractivity contribution in [3.05, 3.63) is 23.0 Å². The van der Waals surface area contributed by atoms with Crippen LogP contribution in [0.1, 0.15) is 17.5 Å². The molecule has 2 rings (SSSR count). The highest BCUT2D eigenvalue weighted by Crippen LogP contribution is 2.27. The van der Waals surface area contributed by atoms with E-state index in [1.54, 1.807) is 10.9 Å². The fraction of sp³-hybridized carbons (Fsp3) is 0.400. The van der Waals surface area contributed by atoms with Crippen molar-refractivity contribution in [2.75, 3.05) is 0 Å². The molecule has 4 nitrogen and oxygen atoms in total. The van der Waals surface area contributed by atoms with Crippen LogP contribution in [-0.4, -0.2) is 19.9 Å². The zero-order chi connectivity index (χ0) is 10.8. The summed E-state index contributed by atoms with van der Waals surface area (Å²) in [6, 6.07) is 0. The highest BCUT2D eigenvalue weighted by molar-refractivity contribution is 7.15. The van der Waals surface area contributed by atoms with Crippen LogP contribution in [0.3, 0.4) is 0 Å². The van der Waals surface area contributed by atoms with Crippen LogP contribution in [0.25, 0.3) is 10.6 Å². The number of hydrogen-bond acceptors (Lipinski definition) is 4. The smallest absolute Gasteiger partial charge is 0.127 e. The second-order valence-electron chi connectivity index (χ2n) is 3.31. The number of aliphatic hydroxyl groups excluding tert-OH is 1. The maximum atomic E-state index is 8.98. The first-order valence-corrected chi connectivity index (χ1v) is 5.64. The Hall–Kier alpha value is -1.20. The van der Waals surface area contributed by atoms with Gasteiger partial charge in [-0.15, -0.1) is 11.3 Å². The summed E-state index contributed by atoms with van der Waals surface area (Å²) < 4.78 is 1.80.